The van der Waals surface area contributed by atoms with E-state index < -0.39 is 0 Å². The van der Waals surface area contributed by atoms with Gasteiger partial charge < -0.3 is 10.5 Å². The van der Waals surface area contributed by atoms with Crippen molar-refractivity contribution in [2.45, 2.75) is 50.7 Å². The molecule has 0 radical (unpaired) electrons. The lowest BCUT2D eigenvalue weighted by molar-refractivity contribution is -0.0813. The molecule has 1 atom stereocenters. The standard InChI is InChI=1S/C11H21NO/c1-9(2)7-10(12)8-11(13-3)5-4-6-11/h10H,1,4-8,12H2,2-3H3. The van der Waals surface area contributed by atoms with Crippen LogP contribution in [0.4, 0.5) is 0 Å². The predicted molar refractivity (Wildman–Crippen MR) is 55.6 cm³/mol. The second kappa shape index (κ2) is 4.25. The van der Waals surface area contributed by atoms with Gasteiger partial charge in [0, 0.05) is 13.2 Å². The molecule has 1 saturated carbocycles. The van der Waals surface area contributed by atoms with Gasteiger partial charge in [-0.05, 0) is 39.0 Å². The minimum atomic E-state index is 0.106. The van der Waals surface area contributed by atoms with Gasteiger partial charge >= 0.3 is 0 Å². The first kappa shape index (κ1) is 10.7. The smallest absolute Gasteiger partial charge is 0.0693 e. The molecule has 0 aromatic heterocycles. The van der Waals surface area contributed by atoms with E-state index in [0.717, 1.165) is 18.4 Å². The van der Waals surface area contributed by atoms with Crippen molar-refractivity contribution in [2.75, 3.05) is 7.11 Å². The Hall–Kier alpha value is -0.340. The normalized spacial score (nSPS) is 22.1. The fourth-order valence-corrected chi connectivity index (χ4v) is 2.06. The van der Waals surface area contributed by atoms with Crippen LogP contribution in [0, 0.1) is 0 Å². The molecule has 1 aliphatic rings. The van der Waals surface area contributed by atoms with Crippen LogP contribution in [-0.4, -0.2) is 18.8 Å². The molecule has 1 fully saturated rings. The summed E-state index contributed by atoms with van der Waals surface area (Å²) in [6, 6.07) is 0.220. The molecular weight excluding hydrogens is 162 g/mol. The number of nitrogens with two attached hydrogens (primary N) is 1. The largest absolute Gasteiger partial charge is 0.378 e. The van der Waals surface area contributed by atoms with E-state index >= 15 is 0 Å². The third-order valence-corrected chi connectivity index (χ3v) is 2.94. The van der Waals surface area contributed by atoms with Crippen LogP contribution < -0.4 is 5.73 Å². The van der Waals surface area contributed by atoms with Crippen LogP contribution in [0.5, 0.6) is 0 Å². The Kier molecular flexibility index (Phi) is 3.51. The lowest BCUT2D eigenvalue weighted by Gasteiger charge is -2.42. The summed E-state index contributed by atoms with van der Waals surface area (Å²) in [7, 11) is 1.80. The van der Waals surface area contributed by atoms with E-state index in [4.69, 9.17) is 10.5 Å². The lowest BCUT2D eigenvalue weighted by atomic mass is 9.75. The van der Waals surface area contributed by atoms with Crippen molar-refractivity contribution in [3.05, 3.63) is 12.2 Å². The molecule has 0 heterocycles. The van der Waals surface area contributed by atoms with Gasteiger partial charge in [-0.15, -0.1) is 6.58 Å². The fraction of sp³-hybridized carbons (Fsp3) is 0.818. The molecule has 2 N–H and O–H groups in total. The Morgan fingerprint density at radius 2 is 2.23 bits per heavy atom. The van der Waals surface area contributed by atoms with Crippen molar-refractivity contribution in [3.8, 4) is 0 Å². The lowest BCUT2D eigenvalue weighted by Crippen LogP contribution is -2.44. The molecule has 13 heavy (non-hydrogen) atoms. The third-order valence-electron chi connectivity index (χ3n) is 2.94. The summed E-state index contributed by atoms with van der Waals surface area (Å²) in [4.78, 5) is 0. The molecule has 1 unspecified atom stereocenters. The first-order chi connectivity index (χ1) is 6.08. The van der Waals surface area contributed by atoms with E-state index in [1.54, 1.807) is 7.11 Å². The van der Waals surface area contributed by atoms with Crippen LogP contribution in [0.2, 0.25) is 0 Å². The van der Waals surface area contributed by atoms with Crippen molar-refractivity contribution >= 4 is 0 Å². The van der Waals surface area contributed by atoms with Crippen LogP contribution in [0.3, 0.4) is 0 Å². The van der Waals surface area contributed by atoms with Crippen LogP contribution in [0.25, 0.3) is 0 Å². The van der Waals surface area contributed by atoms with E-state index in [1.165, 1.54) is 19.3 Å². The molecule has 0 saturated heterocycles. The topological polar surface area (TPSA) is 35.2 Å². The minimum absolute atomic E-state index is 0.106. The summed E-state index contributed by atoms with van der Waals surface area (Å²) in [6.45, 7) is 5.90. The second-order valence-corrected chi connectivity index (χ2v) is 4.37. The van der Waals surface area contributed by atoms with Gasteiger partial charge in [-0.1, -0.05) is 5.57 Å². The number of methoxy groups -OCH3 is 1. The average molecular weight is 183 g/mol. The van der Waals surface area contributed by atoms with Crippen molar-refractivity contribution in [1.82, 2.24) is 0 Å². The van der Waals surface area contributed by atoms with Crippen LogP contribution in [0.1, 0.15) is 39.0 Å². The van der Waals surface area contributed by atoms with Gasteiger partial charge in [0.1, 0.15) is 0 Å². The minimum Gasteiger partial charge on any atom is -0.378 e. The molecule has 0 aromatic rings. The zero-order chi connectivity index (χ0) is 9.90. The van der Waals surface area contributed by atoms with E-state index in [-0.39, 0.29) is 11.6 Å². The second-order valence-electron chi connectivity index (χ2n) is 4.37. The predicted octanol–water partition coefficient (Wildman–Crippen LogP) is 2.24. The van der Waals surface area contributed by atoms with Crippen LogP contribution in [-0.2, 0) is 4.74 Å². The summed E-state index contributed by atoms with van der Waals surface area (Å²) in [5.41, 5.74) is 7.28. The first-order valence-corrected chi connectivity index (χ1v) is 5.03. The highest BCUT2D eigenvalue weighted by atomic mass is 16.5. The highest BCUT2D eigenvalue weighted by Crippen LogP contribution is 2.39. The van der Waals surface area contributed by atoms with Crippen LogP contribution >= 0.6 is 0 Å². The fourth-order valence-electron chi connectivity index (χ4n) is 2.06. The SMILES string of the molecule is C=C(C)CC(N)CC1(OC)CCC1. The van der Waals surface area contributed by atoms with Crippen molar-refractivity contribution < 1.29 is 4.74 Å². The number of hydrogen-bond donors (Lipinski definition) is 1. The van der Waals surface area contributed by atoms with E-state index in [2.05, 4.69) is 6.58 Å². The Balaban J connectivity index is 2.33. The van der Waals surface area contributed by atoms with Gasteiger partial charge in [-0.3, -0.25) is 0 Å². The molecule has 1 rings (SSSR count). The Morgan fingerprint density at radius 1 is 1.62 bits per heavy atom. The first-order valence-electron chi connectivity index (χ1n) is 5.03. The monoisotopic (exact) mass is 183 g/mol. The molecule has 2 heteroatoms. The van der Waals surface area contributed by atoms with Gasteiger partial charge in [-0.2, -0.15) is 0 Å². The Morgan fingerprint density at radius 3 is 2.54 bits per heavy atom. The van der Waals surface area contributed by atoms with Crippen molar-refractivity contribution in [3.63, 3.8) is 0 Å². The van der Waals surface area contributed by atoms with Crippen molar-refractivity contribution in [1.29, 1.82) is 0 Å². The Bertz CT molecular complexity index is 179. The summed E-state index contributed by atoms with van der Waals surface area (Å²) in [5.74, 6) is 0. The maximum atomic E-state index is 6.00. The zero-order valence-electron chi connectivity index (χ0n) is 8.81. The van der Waals surface area contributed by atoms with Gasteiger partial charge in [0.05, 0.1) is 5.60 Å². The van der Waals surface area contributed by atoms with Gasteiger partial charge in [0.25, 0.3) is 0 Å². The molecule has 0 aromatic carbocycles. The number of hydrogen-bond acceptors (Lipinski definition) is 2. The van der Waals surface area contributed by atoms with Crippen molar-refractivity contribution in [2.24, 2.45) is 5.73 Å². The molecule has 0 amide bonds. The summed E-state index contributed by atoms with van der Waals surface area (Å²) >= 11 is 0. The number of rotatable bonds is 5. The van der Waals surface area contributed by atoms with E-state index in [0.29, 0.717) is 0 Å². The van der Waals surface area contributed by atoms with Gasteiger partial charge in [0.15, 0.2) is 0 Å². The molecule has 0 spiro atoms. The Labute approximate surface area is 81.1 Å². The molecule has 76 valence electrons. The number of ether oxygens (including phenoxy) is 1. The highest BCUT2D eigenvalue weighted by molar-refractivity contribution is 4.97. The summed E-state index contributed by atoms with van der Waals surface area (Å²) < 4.78 is 5.52. The molecule has 1 aliphatic carbocycles. The highest BCUT2D eigenvalue weighted by Gasteiger charge is 2.38. The van der Waals surface area contributed by atoms with E-state index in [9.17, 15) is 0 Å². The molecule has 2 nitrogen and oxygen atoms in total. The van der Waals surface area contributed by atoms with E-state index in [1.807, 2.05) is 6.92 Å². The molecule has 0 bridgehead atoms. The van der Waals surface area contributed by atoms with Crippen LogP contribution in [0.15, 0.2) is 12.2 Å². The van der Waals surface area contributed by atoms with Gasteiger partial charge in [0.2, 0.25) is 0 Å². The third kappa shape index (κ3) is 2.82. The maximum Gasteiger partial charge on any atom is 0.0693 e. The summed E-state index contributed by atoms with van der Waals surface area (Å²) in [6.07, 6.45) is 5.54. The zero-order valence-corrected chi connectivity index (χ0v) is 8.81. The van der Waals surface area contributed by atoms with Gasteiger partial charge in [-0.25, -0.2) is 0 Å². The summed E-state index contributed by atoms with van der Waals surface area (Å²) in [5, 5.41) is 0. The molecular formula is C11H21NO. The average Bonchev–Trinajstić information content (AvgIpc) is 1.95. The molecule has 0 aliphatic heterocycles. The quantitative estimate of drug-likeness (QED) is 0.663. The maximum absolute atomic E-state index is 6.00.